The van der Waals surface area contributed by atoms with Crippen LogP contribution in [0.15, 0.2) is 43.0 Å². The molecule has 2 N–H and O–H groups in total. The molecule has 0 aliphatic carbocycles. The number of Topliss-reactive ketones (excluding diaryl/α,β-unsaturated/α-hetero) is 1. The van der Waals surface area contributed by atoms with E-state index in [2.05, 4.69) is 26.4 Å². The highest BCUT2D eigenvalue weighted by Crippen LogP contribution is 2.30. The topological polar surface area (TPSA) is 84.3 Å². The van der Waals surface area contributed by atoms with Crippen molar-refractivity contribution >= 4 is 22.3 Å². The van der Waals surface area contributed by atoms with Gasteiger partial charge in [-0.15, -0.1) is 0 Å². The summed E-state index contributed by atoms with van der Waals surface area (Å²) >= 11 is 0. The molecule has 5 rings (SSSR count). The van der Waals surface area contributed by atoms with E-state index in [4.69, 9.17) is 4.74 Å². The number of rotatable bonds is 5. The van der Waals surface area contributed by atoms with Crippen LogP contribution in [0.4, 0.5) is 0 Å². The third-order valence-corrected chi connectivity index (χ3v) is 5.81. The standard InChI is InChI=1S/C22H23N5O2/c1-29-21-10-16(12-27-22(21)25-13-26-27)15-2-3-17-18(11-24-19(17)9-15)20(28)8-14-4-6-23-7-5-14/h2-3,9-14,23-24H,4-8H2,1H3. The maximum Gasteiger partial charge on any atom is 0.197 e. The molecule has 1 fully saturated rings. The van der Waals surface area contributed by atoms with Gasteiger partial charge in [0.25, 0.3) is 0 Å². The monoisotopic (exact) mass is 389 g/mol. The van der Waals surface area contributed by atoms with Crippen LogP contribution in [0.1, 0.15) is 29.6 Å². The first kappa shape index (κ1) is 17.9. The zero-order valence-electron chi connectivity index (χ0n) is 16.3. The van der Waals surface area contributed by atoms with Crippen LogP contribution >= 0.6 is 0 Å². The summed E-state index contributed by atoms with van der Waals surface area (Å²) in [5.41, 5.74) is 4.41. The van der Waals surface area contributed by atoms with Crippen LogP contribution in [0.25, 0.3) is 27.7 Å². The second kappa shape index (κ2) is 7.33. The minimum absolute atomic E-state index is 0.224. The number of carbonyl (C=O) groups excluding carboxylic acids is 1. The van der Waals surface area contributed by atoms with Gasteiger partial charge in [0.15, 0.2) is 17.2 Å². The summed E-state index contributed by atoms with van der Waals surface area (Å²) in [7, 11) is 1.63. The highest BCUT2D eigenvalue weighted by Gasteiger charge is 2.20. The molecule has 3 aromatic heterocycles. The van der Waals surface area contributed by atoms with Crippen LogP contribution in [-0.4, -0.2) is 45.6 Å². The number of piperidine rings is 1. The second-order valence-electron chi connectivity index (χ2n) is 7.61. The molecular formula is C22H23N5O2. The number of hydrogen-bond acceptors (Lipinski definition) is 5. The molecule has 1 aromatic carbocycles. The normalized spacial score (nSPS) is 15.2. The predicted octanol–water partition coefficient (Wildman–Crippen LogP) is 3.46. The molecule has 4 aromatic rings. The molecule has 4 heterocycles. The Balaban J connectivity index is 1.47. The number of nitrogens with one attached hydrogen (secondary N) is 2. The van der Waals surface area contributed by atoms with Gasteiger partial charge < -0.3 is 15.0 Å². The maximum absolute atomic E-state index is 12.9. The van der Waals surface area contributed by atoms with Crippen molar-refractivity contribution in [1.82, 2.24) is 24.9 Å². The van der Waals surface area contributed by atoms with Crippen molar-refractivity contribution in [3.63, 3.8) is 0 Å². The highest BCUT2D eigenvalue weighted by molar-refractivity contribution is 6.08. The van der Waals surface area contributed by atoms with E-state index >= 15 is 0 Å². The first-order valence-corrected chi connectivity index (χ1v) is 9.96. The molecule has 148 valence electrons. The lowest BCUT2D eigenvalue weighted by molar-refractivity contribution is 0.0954. The largest absolute Gasteiger partial charge is 0.493 e. The summed E-state index contributed by atoms with van der Waals surface area (Å²) in [5.74, 6) is 1.38. The number of ether oxygens (including phenoxy) is 1. The van der Waals surface area contributed by atoms with Gasteiger partial charge in [-0.3, -0.25) is 4.79 Å². The SMILES string of the molecule is COc1cc(-c2ccc3c(C(=O)CC4CCNCC4)c[nH]c3c2)cn2ncnc12. The Kier molecular flexibility index (Phi) is 4.52. The van der Waals surface area contributed by atoms with E-state index < -0.39 is 0 Å². The van der Waals surface area contributed by atoms with E-state index in [1.54, 1.807) is 11.6 Å². The molecule has 0 atom stereocenters. The first-order chi connectivity index (χ1) is 14.2. The lowest BCUT2D eigenvalue weighted by Crippen LogP contribution is -2.28. The average Bonchev–Trinajstić information content (AvgIpc) is 3.40. The van der Waals surface area contributed by atoms with E-state index in [9.17, 15) is 4.79 Å². The molecule has 7 heteroatoms. The van der Waals surface area contributed by atoms with Gasteiger partial charge in [-0.05, 0) is 49.5 Å². The number of aromatic amines is 1. The predicted molar refractivity (Wildman–Crippen MR) is 111 cm³/mol. The van der Waals surface area contributed by atoms with E-state index in [1.165, 1.54) is 6.33 Å². The number of fused-ring (bicyclic) bond motifs is 2. The van der Waals surface area contributed by atoms with Crippen LogP contribution in [0.3, 0.4) is 0 Å². The van der Waals surface area contributed by atoms with Crippen molar-refractivity contribution in [1.29, 1.82) is 0 Å². The molecule has 1 saturated heterocycles. The van der Waals surface area contributed by atoms with Gasteiger partial charge in [0.2, 0.25) is 0 Å². The molecule has 0 amide bonds. The summed E-state index contributed by atoms with van der Waals surface area (Å²) in [4.78, 5) is 20.4. The van der Waals surface area contributed by atoms with Crippen LogP contribution in [0.5, 0.6) is 5.75 Å². The number of aromatic nitrogens is 4. The van der Waals surface area contributed by atoms with Gasteiger partial charge in [-0.1, -0.05) is 12.1 Å². The molecule has 1 aliphatic rings. The van der Waals surface area contributed by atoms with Gasteiger partial charge in [-0.25, -0.2) is 9.50 Å². The fourth-order valence-electron chi connectivity index (χ4n) is 4.20. The number of pyridine rings is 1. The lowest BCUT2D eigenvalue weighted by atomic mass is 9.90. The highest BCUT2D eigenvalue weighted by atomic mass is 16.5. The number of H-pyrrole nitrogens is 1. The quantitative estimate of drug-likeness (QED) is 0.511. The Bertz CT molecular complexity index is 1190. The summed E-state index contributed by atoms with van der Waals surface area (Å²) < 4.78 is 7.17. The Hall–Kier alpha value is -3.19. The van der Waals surface area contributed by atoms with Gasteiger partial charge in [0.05, 0.1) is 7.11 Å². The molecule has 0 saturated carbocycles. The van der Waals surface area contributed by atoms with E-state index in [0.717, 1.165) is 53.5 Å². The minimum Gasteiger partial charge on any atom is -0.493 e. The van der Waals surface area contributed by atoms with Gasteiger partial charge in [0, 0.05) is 40.8 Å². The molecule has 0 unspecified atom stereocenters. The molecular weight excluding hydrogens is 366 g/mol. The molecule has 29 heavy (non-hydrogen) atoms. The van der Waals surface area contributed by atoms with Crippen molar-refractivity contribution in [3.8, 4) is 16.9 Å². The average molecular weight is 389 g/mol. The molecule has 0 radical (unpaired) electrons. The fraction of sp³-hybridized carbons (Fsp3) is 0.318. The summed E-state index contributed by atoms with van der Waals surface area (Å²) in [5, 5.41) is 8.56. The molecule has 0 bridgehead atoms. The van der Waals surface area contributed by atoms with Gasteiger partial charge >= 0.3 is 0 Å². The molecule has 0 spiro atoms. The number of methoxy groups -OCH3 is 1. The van der Waals surface area contributed by atoms with Crippen molar-refractivity contribution < 1.29 is 9.53 Å². The van der Waals surface area contributed by atoms with Crippen LogP contribution in [0.2, 0.25) is 0 Å². The minimum atomic E-state index is 0.224. The third kappa shape index (κ3) is 3.27. The molecule has 7 nitrogen and oxygen atoms in total. The Labute approximate surface area is 168 Å². The lowest BCUT2D eigenvalue weighted by Gasteiger charge is -2.21. The van der Waals surface area contributed by atoms with Crippen molar-refractivity contribution in [2.24, 2.45) is 5.92 Å². The number of nitrogens with zero attached hydrogens (tertiary/aromatic N) is 3. The zero-order chi connectivity index (χ0) is 19.8. The van der Waals surface area contributed by atoms with Crippen molar-refractivity contribution in [3.05, 3.63) is 48.5 Å². The van der Waals surface area contributed by atoms with Crippen LogP contribution in [0, 0.1) is 5.92 Å². The summed E-state index contributed by atoms with van der Waals surface area (Å²) in [6.07, 6.45) is 8.06. The number of hydrogen-bond donors (Lipinski definition) is 2. The zero-order valence-corrected chi connectivity index (χ0v) is 16.3. The van der Waals surface area contributed by atoms with Gasteiger partial charge in [-0.2, -0.15) is 5.10 Å². The molecule has 1 aliphatic heterocycles. The Morgan fingerprint density at radius 2 is 2.10 bits per heavy atom. The van der Waals surface area contributed by atoms with E-state index in [1.807, 2.05) is 30.6 Å². The van der Waals surface area contributed by atoms with Crippen molar-refractivity contribution in [2.75, 3.05) is 20.2 Å². The smallest absolute Gasteiger partial charge is 0.197 e. The second-order valence-corrected chi connectivity index (χ2v) is 7.61. The van der Waals surface area contributed by atoms with E-state index in [0.29, 0.717) is 23.7 Å². The summed E-state index contributed by atoms with van der Waals surface area (Å²) in [6, 6.07) is 8.08. The Morgan fingerprint density at radius 3 is 2.93 bits per heavy atom. The Morgan fingerprint density at radius 1 is 1.24 bits per heavy atom. The third-order valence-electron chi connectivity index (χ3n) is 5.81. The number of carbonyl (C=O) groups is 1. The van der Waals surface area contributed by atoms with Gasteiger partial charge in [0.1, 0.15) is 6.33 Å². The van der Waals surface area contributed by atoms with Crippen molar-refractivity contribution in [2.45, 2.75) is 19.3 Å². The van der Waals surface area contributed by atoms with E-state index in [-0.39, 0.29) is 5.78 Å². The number of ketones is 1. The van der Waals surface area contributed by atoms with Crippen LogP contribution < -0.4 is 10.1 Å². The number of benzene rings is 1. The maximum atomic E-state index is 12.9. The fourth-order valence-corrected chi connectivity index (χ4v) is 4.20. The first-order valence-electron chi connectivity index (χ1n) is 9.96. The summed E-state index contributed by atoms with van der Waals surface area (Å²) in [6.45, 7) is 2.02. The van der Waals surface area contributed by atoms with Crippen LogP contribution in [-0.2, 0) is 0 Å².